The van der Waals surface area contributed by atoms with Gasteiger partial charge in [-0.1, -0.05) is 59.8 Å². The molecule has 2 amide bonds. The molecule has 3 N–H and O–H groups in total. The van der Waals surface area contributed by atoms with Crippen LogP contribution in [0.4, 0.5) is 0 Å². The predicted octanol–water partition coefficient (Wildman–Crippen LogP) is 2.41. The van der Waals surface area contributed by atoms with Crippen molar-refractivity contribution in [3.8, 4) is 0 Å². The van der Waals surface area contributed by atoms with Gasteiger partial charge in [0.1, 0.15) is 11.7 Å². The molecule has 1 aromatic heterocycles. The van der Waals surface area contributed by atoms with Gasteiger partial charge in [-0.15, -0.1) is 0 Å². The molecule has 1 aliphatic rings. The van der Waals surface area contributed by atoms with E-state index in [2.05, 4.69) is 27.5 Å². The molecule has 0 bridgehead atoms. The van der Waals surface area contributed by atoms with E-state index in [1.54, 1.807) is 20.8 Å². The second-order valence-corrected chi connectivity index (χ2v) is 8.22. The Hall–Kier alpha value is -2.51. The fraction of sp³-hybridized carbons (Fsp3) is 0.650. The van der Waals surface area contributed by atoms with Crippen LogP contribution in [0.5, 0.6) is 0 Å². The molecule has 156 valence electrons. The van der Waals surface area contributed by atoms with E-state index in [0.717, 1.165) is 5.92 Å². The largest absolute Gasteiger partial charge is 0.480 e. The monoisotopic (exact) mass is 392 g/mol. The Morgan fingerprint density at radius 2 is 1.82 bits per heavy atom. The second kappa shape index (κ2) is 11.4. The lowest BCUT2D eigenvalue weighted by atomic mass is 9.87. The smallest absolute Gasteiger partial charge is 0.326 e. The lowest BCUT2D eigenvalue weighted by molar-refractivity contribution is -0.144. The van der Waals surface area contributed by atoms with Crippen molar-refractivity contribution in [1.29, 1.82) is 0 Å². The van der Waals surface area contributed by atoms with Crippen LogP contribution in [0.3, 0.4) is 0 Å². The van der Waals surface area contributed by atoms with Gasteiger partial charge >= 0.3 is 5.97 Å². The van der Waals surface area contributed by atoms with Gasteiger partial charge in [-0.3, -0.25) is 14.6 Å². The molecule has 1 atom stereocenters. The van der Waals surface area contributed by atoms with Gasteiger partial charge in [0, 0.05) is 12.4 Å². The van der Waals surface area contributed by atoms with E-state index in [4.69, 9.17) is 5.11 Å². The Balaban J connectivity index is 0.000000467. The number of carbonyl (C=O) groups is 3. The number of hydrogen-bond acceptors (Lipinski definition) is 5. The van der Waals surface area contributed by atoms with E-state index in [0.29, 0.717) is 0 Å². The third-order valence-corrected chi connectivity index (χ3v) is 4.52. The number of carboxylic acid groups (broad SMARTS) is 1. The molecule has 0 saturated heterocycles. The quantitative estimate of drug-likeness (QED) is 0.707. The number of nitrogens with zero attached hydrogens (tertiary/aromatic N) is 2. The highest BCUT2D eigenvalue weighted by molar-refractivity contribution is 5.95. The number of amides is 2. The highest BCUT2D eigenvalue weighted by Gasteiger charge is 2.32. The zero-order chi connectivity index (χ0) is 21.2. The number of carbonyl (C=O) groups excluding carboxylic acids is 2. The van der Waals surface area contributed by atoms with Gasteiger partial charge in [-0.05, 0) is 11.3 Å². The summed E-state index contributed by atoms with van der Waals surface area (Å²) in [4.78, 5) is 42.0. The normalized spacial score (nSPS) is 15.6. The van der Waals surface area contributed by atoms with Crippen molar-refractivity contribution in [3.63, 3.8) is 0 Å². The summed E-state index contributed by atoms with van der Waals surface area (Å²) in [5.74, 6) is -1.24. The molecule has 0 spiro atoms. The highest BCUT2D eigenvalue weighted by atomic mass is 16.4. The minimum Gasteiger partial charge on any atom is -0.480 e. The van der Waals surface area contributed by atoms with Crippen molar-refractivity contribution >= 4 is 17.8 Å². The molecule has 8 heteroatoms. The van der Waals surface area contributed by atoms with E-state index in [1.807, 2.05) is 0 Å². The number of nitrogens with one attached hydrogen (secondary N) is 2. The Labute approximate surface area is 166 Å². The van der Waals surface area contributed by atoms with E-state index in [-0.39, 0.29) is 12.2 Å². The van der Waals surface area contributed by atoms with Crippen molar-refractivity contribution < 1.29 is 19.5 Å². The van der Waals surface area contributed by atoms with Crippen molar-refractivity contribution in [2.45, 2.75) is 65.8 Å². The second-order valence-electron chi connectivity index (χ2n) is 8.22. The summed E-state index contributed by atoms with van der Waals surface area (Å²) in [5.41, 5.74) is -0.563. The molecule has 28 heavy (non-hydrogen) atoms. The van der Waals surface area contributed by atoms with Crippen LogP contribution >= 0.6 is 0 Å². The first kappa shape index (κ1) is 23.5. The first-order valence-corrected chi connectivity index (χ1v) is 9.67. The van der Waals surface area contributed by atoms with Crippen LogP contribution in [0.2, 0.25) is 0 Å². The topological polar surface area (TPSA) is 121 Å². The van der Waals surface area contributed by atoms with Crippen LogP contribution in [-0.4, -0.2) is 45.4 Å². The van der Waals surface area contributed by atoms with Crippen molar-refractivity contribution in [1.82, 2.24) is 20.6 Å². The maximum atomic E-state index is 11.7. The third kappa shape index (κ3) is 8.92. The number of rotatable bonds is 5. The molecule has 8 nitrogen and oxygen atoms in total. The standard InChI is InChI=1S/C13H18N4O4.C7H14/c1-13(2,3)10(12(20)21)17-9(18)7-16-11(19)8-6-14-4-5-15-8;1-7-5-3-2-4-6-7/h4-6,10H,7H2,1-3H3,(H,16,19)(H,17,18)(H,20,21);7H,2-6H2,1H3. The van der Waals surface area contributed by atoms with Crippen LogP contribution in [0.1, 0.15) is 70.3 Å². The number of hydrogen-bond donors (Lipinski definition) is 3. The summed E-state index contributed by atoms with van der Waals surface area (Å²) in [6, 6.07) is -1.04. The van der Waals surface area contributed by atoms with Crippen LogP contribution in [0.15, 0.2) is 18.6 Å². The molecule has 1 unspecified atom stereocenters. The Kier molecular flexibility index (Phi) is 9.55. The molecule has 2 rings (SSSR count). The molecular weight excluding hydrogens is 360 g/mol. The van der Waals surface area contributed by atoms with E-state index < -0.39 is 29.2 Å². The average Bonchev–Trinajstić information content (AvgIpc) is 2.65. The predicted molar refractivity (Wildman–Crippen MR) is 106 cm³/mol. The SMILES string of the molecule is CC(C)(C)C(NC(=O)CNC(=O)c1cnccn1)C(=O)O.CC1CCCCC1. The molecular formula is C20H32N4O4. The van der Waals surface area contributed by atoms with Crippen LogP contribution in [0.25, 0.3) is 0 Å². The minimum absolute atomic E-state index is 0.0795. The van der Waals surface area contributed by atoms with Gasteiger partial charge in [-0.25, -0.2) is 9.78 Å². The Morgan fingerprint density at radius 1 is 1.18 bits per heavy atom. The zero-order valence-electron chi connectivity index (χ0n) is 17.2. The zero-order valence-corrected chi connectivity index (χ0v) is 17.2. The maximum absolute atomic E-state index is 11.7. The fourth-order valence-electron chi connectivity index (χ4n) is 2.83. The van der Waals surface area contributed by atoms with E-state index >= 15 is 0 Å². The number of aromatic nitrogens is 2. The summed E-state index contributed by atoms with van der Waals surface area (Å²) in [6.07, 6.45) is 11.5. The highest BCUT2D eigenvalue weighted by Crippen LogP contribution is 2.22. The Morgan fingerprint density at radius 3 is 2.25 bits per heavy atom. The summed E-state index contributed by atoms with van der Waals surface area (Å²) < 4.78 is 0. The first-order chi connectivity index (χ1) is 13.1. The Bertz CT molecular complexity index is 637. The van der Waals surface area contributed by atoms with Crippen LogP contribution < -0.4 is 10.6 Å². The maximum Gasteiger partial charge on any atom is 0.326 e. The molecule has 1 aromatic rings. The van der Waals surface area contributed by atoms with Crippen molar-refractivity contribution in [3.05, 3.63) is 24.3 Å². The van der Waals surface area contributed by atoms with Gasteiger partial charge in [0.15, 0.2) is 0 Å². The molecule has 1 aliphatic carbocycles. The molecule has 0 radical (unpaired) electrons. The van der Waals surface area contributed by atoms with Crippen molar-refractivity contribution in [2.24, 2.45) is 11.3 Å². The van der Waals surface area contributed by atoms with Crippen LogP contribution in [-0.2, 0) is 9.59 Å². The lowest BCUT2D eigenvalue weighted by Crippen LogP contribution is -2.51. The van der Waals surface area contributed by atoms with Crippen molar-refractivity contribution in [2.75, 3.05) is 6.54 Å². The molecule has 0 aliphatic heterocycles. The van der Waals surface area contributed by atoms with E-state index in [9.17, 15) is 14.4 Å². The van der Waals surface area contributed by atoms with E-state index in [1.165, 1.54) is 50.7 Å². The van der Waals surface area contributed by atoms with Gasteiger partial charge in [0.25, 0.3) is 5.91 Å². The lowest BCUT2D eigenvalue weighted by Gasteiger charge is -2.27. The summed E-state index contributed by atoms with van der Waals surface area (Å²) in [6.45, 7) is 7.12. The average molecular weight is 393 g/mol. The minimum atomic E-state index is -1.13. The molecule has 1 heterocycles. The summed E-state index contributed by atoms with van der Waals surface area (Å²) >= 11 is 0. The molecule has 1 fully saturated rings. The molecule has 0 aromatic carbocycles. The fourth-order valence-corrected chi connectivity index (χ4v) is 2.83. The summed E-state index contributed by atoms with van der Waals surface area (Å²) in [7, 11) is 0. The number of carboxylic acids is 1. The van der Waals surface area contributed by atoms with Gasteiger partial charge in [0.05, 0.1) is 12.7 Å². The third-order valence-electron chi connectivity index (χ3n) is 4.52. The van der Waals surface area contributed by atoms with Gasteiger partial charge in [-0.2, -0.15) is 0 Å². The van der Waals surface area contributed by atoms with Gasteiger partial charge < -0.3 is 15.7 Å². The number of aliphatic carboxylic acids is 1. The first-order valence-electron chi connectivity index (χ1n) is 9.67. The van der Waals surface area contributed by atoms with Gasteiger partial charge in [0.2, 0.25) is 5.91 Å². The van der Waals surface area contributed by atoms with Crippen LogP contribution in [0, 0.1) is 11.3 Å². The summed E-state index contributed by atoms with van der Waals surface area (Å²) in [5, 5.41) is 13.8. The molecule has 1 saturated carbocycles.